The van der Waals surface area contributed by atoms with Gasteiger partial charge in [-0.2, -0.15) is 0 Å². The lowest BCUT2D eigenvalue weighted by molar-refractivity contribution is -0.143. The molecule has 0 amide bonds. The number of rotatable bonds is 8. The average molecular weight is 219 g/mol. The Morgan fingerprint density at radius 1 is 1.47 bits per heavy atom. The Morgan fingerprint density at radius 2 is 2.07 bits per heavy atom. The van der Waals surface area contributed by atoms with Crippen molar-refractivity contribution in [2.45, 2.75) is 38.9 Å². The zero-order chi connectivity index (χ0) is 11.8. The van der Waals surface area contributed by atoms with E-state index in [1.165, 1.54) is 0 Å². The smallest absolute Gasteiger partial charge is 0.306 e. The fraction of sp³-hybridized carbons (Fsp3) is 0.900. The van der Waals surface area contributed by atoms with Gasteiger partial charge in [-0.15, -0.1) is 0 Å². The third kappa shape index (κ3) is 7.30. The minimum atomic E-state index is -0.913. The van der Waals surface area contributed by atoms with Crippen LogP contribution in [0.5, 0.6) is 0 Å². The molecular weight excluding hydrogens is 198 g/mol. The van der Waals surface area contributed by atoms with Gasteiger partial charge >= 0.3 is 5.97 Å². The largest absolute Gasteiger partial charge is 0.481 e. The molecule has 0 saturated heterocycles. The number of carboxylic acids is 1. The van der Waals surface area contributed by atoms with Crippen LogP contribution in [0, 0.1) is 5.92 Å². The predicted octanol–water partition coefficient (Wildman–Crippen LogP) is 0.212. The van der Waals surface area contributed by atoms with E-state index in [-0.39, 0.29) is 19.1 Å². The molecule has 0 aliphatic carbocycles. The Labute approximate surface area is 90.2 Å². The highest BCUT2D eigenvalue weighted by atomic mass is 16.5. The van der Waals surface area contributed by atoms with Crippen molar-refractivity contribution in [1.82, 2.24) is 0 Å². The predicted molar refractivity (Wildman–Crippen MR) is 56.5 cm³/mol. The topological polar surface area (TPSA) is 92.8 Å². The van der Waals surface area contributed by atoms with Gasteiger partial charge in [0.15, 0.2) is 0 Å². The van der Waals surface area contributed by atoms with Gasteiger partial charge in [-0.3, -0.25) is 4.79 Å². The summed E-state index contributed by atoms with van der Waals surface area (Å²) in [5, 5.41) is 18.3. The highest BCUT2D eigenvalue weighted by molar-refractivity contribution is 5.69. The van der Waals surface area contributed by atoms with Crippen LogP contribution in [0.4, 0.5) is 0 Å². The first-order chi connectivity index (χ1) is 6.97. The first kappa shape index (κ1) is 14.3. The third-order valence-corrected chi connectivity index (χ3v) is 2.04. The second-order valence-electron chi connectivity index (χ2n) is 3.88. The van der Waals surface area contributed by atoms with Crippen LogP contribution in [-0.2, 0) is 9.53 Å². The number of aliphatic carboxylic acids is 1. The Hall–Kier alpha value is -0.650. The molecule has 0 saturated carbocycles. The molecule has 0 fully saturated rings. The minimum Gasteiger partial charge on any atom is -0.481 e. The minimum absolute atomic E-state index is 0.0393. The lowest BCUT2D eigenvalue weighted by Gasteiger charge is -2.17. The lowest BCUT2D eigenvalue weighted by Crippen LogP contribution is -2.27. The van der Waals surface area contributed by atoms with Crippen LogP contribution in [-0.4, -0.2) is 41.5 Å². The number of hydrogen-bond donors (Lipinski definition) is 3. The third-order valence-electron chi connectivity index (χ3n) is 2.04. The average Bonchev–Trinajstić information content (AvgIpc) is 2.14. The van der Waals surface area contributed by atoms with Gasteiger partial charge in [0, 0.05) is 0 Å². The van der Waals surface area contributed by atoms with Crippen LogP contribution in [0.3, 0.4) is 0 Å². The van der Waals surface area contributed by atoms with E-state index in [4.69, 9.17) is 15.6 Å². The molecule has 2 unspecified atom stereocenters. The van der Waals surface area contributed by atoms with E-state index in [1.54, 1.807) is 0 Å². The number of aliphatic hydroxyl groups excluding tert-OH is 1. The summed E-state index contributed by atoms with van der Waals surface area (Å²) in [4.78, 5) is 10.8. The lowest BCUT2D eigenvalue weighted by atomic mass is 9.98. The van der Waals surface area contributed by atoms with E-state index < -0.39 is 18.0 Å². The van der Waals surface area contributed by atoms with Gasteiger partial charge in [-0.1, -0.05) is 0 Å². The van der Waals surface area contributed by atoms with Crippen LogP contribution in [0.2, 0.25) is 0 Å². The van der Waals surface area contributed by atoms with Gasteiger partial charge in [0.25, 0.3) is 0 Å². The number of ether oxygens (including phenoxy) is 1. The molecule has 0 aromatic carbocycles. The fourth-order valence-corrected chi connectivity index (χ4v) is 1.24. The van der Waals surface area contributed by atoms with E-state index in [9.17, 15) is 9.90 Å². The molecule has 0 spiro atoms. The first-order valence-electron chi connectivity index (χ1n) is 5.19. The summed E-state index contributed by atoms with van der Waals surface area (Å²) in [6.07, 6.45) is -0.120. The Morgan fingerprint density at radius 3 is 2.47 bits per heavy atom. The molecule has 15 heavy (non-hydrogen) atoms. The normalized spacial score (nSPS) is 15.3. The van der Waals surface area contributed by atoms with Crippen molar-refractivity contribution in [3.8, 4) is 0 Å². The summed E-state index contributed by atoms with van der Waals surface area (Å²) in [6.45, 7) is 4.21. The number of carbonyl (C=O) groups is 1. The monoisotopic (exact) mass is 219 g/mol. The van der Waals surface area contributed by atoms with Crippen molar-refractivity contribution in [3.63, 3.8) is 0 Å². The van der Waals surface area contributed by atoms with Crippen LogP contribution < -0.4 is 5.73 Å². The molecule has 5 nitrogen and oxygen atoms in total. The Balaban J connectivity index is 3.88. The molecule has 0 aromatic heterocycles. The maximum atomic E-state index is 10.8. The fourth-order valence-electron chi connectivity index (χ4n) is 1.24. The number of aliphatic hydroxyl groups is 1. The Bertz CT molecular complexity index is 184. The molecule has 4 N–H and O–H groups in total. The molecule has 2 atom stereocenters. The molecule has 0 heterocycles. The van der Waals surface area contributed by atoms with Crippen molar-refractivity contribution in [2.75, 3.05) is 13.2 Å². The van der Waals surface area contributed by atoms with E-state index in [1.807, 2.05) is 13.8 Å². The highest BCUT2D eigenvalue weighted by Crippen LogP contribution is 2.11. The molecule has 0 bridgehead atoms. The maximum absolute atomic E-state index is 10.8. The van der Waals surface area contributed by atoms with Gasteiger partial charge in [-0.05, 0) is 33.2 Å². The van der Waals surface area contributed by atoms with Crippen LogP contribution >= 0.6 is 0 Å². The number of hydrogen-bond acceptors (Lipinski definition) is 4. The van der Waals surface area contributed by atoms with Crippen molar-refractivity contribution in [3.05, 3.63) is 0 Å². The summed E-state index contributed by atoms with van der Waals surface area (Å²) in [6, 6.07) is 0. The molecular formula is C10H21NO4. The molecule has 0 rings (SSSR count). The first-order valence-corrected chi connectivity index (χ1v) is 5.19. The van der Waals surface area contributed by atoms with Crippen LogP contribution in [0.25, 0.3) is 0 Å². The van der Waals surface area contributed by atoms with Crippen molar-refractivity contribution >= 4 is 5.97 Å². The second kappa shape index (κ2) is 7.62. The maximum Gasteiger partial charge on any atom is 0.306 e. The summed E-state index contributed by atoms with van der Waals surface area (Å²) in [5.41, 5.74) is 5.29. The molecule has 0 radical (unpaired) electrons. The summed E-state index contributed by atoms with van der Waals surface area (Å²) < 4.78 is 5.19. The van der Waals surface area contributed by atoms with Gasteiger partial charge in [-0.25, -0.2) is 0 Å². The summed E-state index contributed by atoms with van der Waals surface area (Å²) in [5.74, 6) is -1.50. The number of carboxylic acid groups (broad SMARTS) is 1. The molecule has 5 heteroatoms. The van der Waals surface area contributed by atoms with E-state index >= 15 is 0 Å². The van der Waals surface area contributed by atoms with Gasteiger partial charge in [0.1, 0.15) is 0 Å². The van der Waals surface area contributed by atoms with E-state index in [0.29, 0.717) is 13.0 Å². The molecule has 0 aliphatic heterocycles. The van der Waals surface area contributed by atoms with Gasteiger partial charge in [0.2, 0.25) is 0 Å². The summed E-state index contributed by atoms with van der Waals surface area (Å²) >= 11 is 0. The highest BCUT2D eigenvalue weighted by Gasteiger charge is 2.20. The SMILES string of the molecule is CC(C)OCC(O)CC(CCN)C(=O)O. The standard InChI is InChI=1S/C10H21NO4/c1-7(2)15-6-9(12)5-8(3-4-11)10(13)14/h7-9,12H,3-6,11H2,1-2H3,(H,13,14). The zero-order valence-electron chi connectivity index (χ0n) is 9.35. The molecule has 0 aromatic rings. The van der Waals surface area contributed by atoms with E-state index in [2.05, 4.69) is 0 Å². The Kier molecular flexibility index (Phi) is 7.29. The van der Waals surface area contributed by atoms with Gasteiger partial charge < -0.3 is 20.7 Å². The zero-order valence-corrected chi connectivity index (χ0v) is 9.35. The summed E-state index contributed by atoms with van der Waals surface area (Å²) in [7, 11) is 0. The molecule has 90 valence electrons. The van der Waals surface area contributed by atoms with Gasteiger partial charge in [0.05, 0.1) is 24.7 Å². The quantitative estimate of drug-likeness (QED) is 0.542. The number of nitrogens with two attached hydrogens (primary N) is 1. The molecule has 0 aliphatic rings. The van der Waals surface area contributed by atoms with Crippen LogP contribution in [0.15, 0.2) is 0 Å². The van der Waals surface area contributed by atoms with Crippen molar-refractivity contribution in [2.24, 2.45) is 11.7 Å². The van der Waals surface area contributed by atoms with E-state index in [0.717, 1.165) is 0 Å². The van der Waals surface area contributed by atoms with Crippen LogP contribution in [0.1, 0.15) is 26.7 Å². The second-order valence-corrected chi connectivity index (χ2v) is 3.88. The van der Waals surface area contributed by atoms with Crippen molar-refractivity contribution < 1.29 is 19.7 Å². The van der Waals surface area contributed by atoms with Crippen molar-refractivity contribution in [1.29, 1.82) is 0 Å².